The van der Waals surface area contributed by atoms with Crippen LogP contribution in [0.15, 0.2) is 12.1 Å². The maximum Gasteiger partial charge on any atom is 0.165 e. The monoisotopic (exact) mass is 234 g/mol. The molecule has 0 unspecified atom stereocenters. The third-order valence-corrected chi connectivity index (χ3v) is 3.55. The highest BCUT2D eigenvalue weighted by Gasteiger charge is 2.19. The largest absolute Gasteiger partial charge is 0.494 e. The molecule has 1 N–H and O–H groups in total. The second kappa shape index (κ2) is 3.74. The molecule has 3 nitrogen and oxygen atoms in total. The topological polar surface area (TPSA) is 26.2 Å². The standard InChI is InChI=1S/C13H15FN2O/c1-16-11-3-4-15-7-9(11)8-5-10(14)13(17-2)6-12(8)16/h5-6,15H,3-4,7H2,1-2H3. The Bertz CT molecular complexity index is 589. The van der Waals surface area contributed by atoms with E-state index < -0.39 is 0 Å². The van der Waals surface area contributed by atoms with Gasteiger partial charge in [0.15, 0.2) is 11.6 Å². The zero-order valence-corrected chi connectivity index (χ0v) is 10.0. The molecule has 0 saturated heterocycles. The molecule has 0 aliphatic carbocycles. The molecule has 0 atom stereocenters. The summed E-state index contributed by atoms with van der Waals surface area (Å²) >= 11 is 0. The summed E-state index contributed by atoms with van der Waals surface area (Å²) in [6, 6.07) is 3.36. The molecule has 0 bridgehead atoms. The van der Waals surface area contributed by atoms with Gasteiger partial charge in [0.1, 0.15) is 0 Å². The van der Waals surface area contributed by atoms with E-state index in [1.807, 2.05) is 7.05 Å². The van der Waals surface area contributed by atoms with Crippen molar-refractivity contribution in [2.75, 3.05) is 13.7 Å². The third kappa shape index (κ3) is 1.44. The first-order valence-electron chi connectivity index (χ1n) is 5.76. The first kappa shape index (κ1) is 10.6. The van der Waals surface area contributed by atoms with Gasteiger partial charge in [0.25, 0.3) is 0 Å². The van der Waals surface area contributed by atoms with Crippen molar-refractivity contribution in [2.45, 2.75) is 13.0 Å². The van der Waals surface area contributed by atoms with E-state index in [9.17, 15) is 4.39 Å². The number of methoxy groups -OCH3 is 1. The maximum atomic E-state index is 13.7. The predicted octanol–water partition coefficient (Wildman–Crippen LogP) is 1.97. The fraction of sp³-hybridized carbons (Fsp3) is 0.385. The minimum atomic E-state index is -0.293. The van der Waals surface area contributed by atoms with Crippen LogP contribution in [-0.2, 0) is 20.0 Å². The number of ether oxygens (including phenoxy) is 1. The molecule has 17 heavy (non-hydrogen) atoms. The number of hydrogen-bond acceptors (Lipinski definition) is 2. The van der Waals surface area contributed by atoms with Crippen molar-refractivity contribution in [2.24, 2.45) is 7.05 Å². The number of aryl methyl sites for hydroxylation is 1. The number of fused-ring (bicyclic) bond motifs is 3. The van der Waals surface area contributed by atoms with Crippen molar-refractivity contribution < 1.29 is 9.13 Å². The first-order valence-corrected chi connectivity index (χ1v) is 5.76. The molecule has 4 heteroatoms. The van der Waals surface area contributed by atoms with Crippen LogP contribution in [0, 0.1) is 5.82 Å². The van der Waals surface area contributed by atoms with Gasteiger partial charge in [0, 0.05) is 43.7 Å². The Morgan fingerprint density at radius 3 is 3.00 bits per heavy atom. The van der Waals surface area contributed by atoms with Gasteiger partial charge in [-0.15, -0.1) is 0 Å². The fourth-order valence-electron chi connectivity index (χ4n) is 2.66. The Kier molecular flexibility index (Phi) is 2.33. The molecular weight excluding hydrogens is 219 g/mol. The Hall–Kier alpha value is -1.55. The lowest BCUT2D eigenvalue weighted by Gasteiger charge is -2.14. The molecule has 1 aromatic carbocycles. The summed E-state index contributed by atoms with van der Waals surface area (Å²) in [4.78, 5) is 0. The van der Waals surface area contributed by atoms with E-state index in [0.717, 1.165) is 30.4 Å². The summed E-state index contributed by atoms with van der Waals surface area (Å²) in [6.45, 7) is 1.80. The van der Waals surface area contributed by atoms with E-state index in [4.69, 9.17) is 4.74 Å². The van der Waals surface area contributed by atoms with Crippen LogP contribution in [0.4, 0.5) is 4.39 Å². The highest BCUT2D eigenvalue weighted by Crippen LogP contribution is 2.32. The molecule has 1 aliphatic heterocycles. The second-order valence-electron chi connectivity index (χ2n) is 4.41. The summed E-state index contributed by atoms with van der Waals surface area (Å²) < 4.78 is 20.9. The van der Waals surface area contributed by atoms with Gasteiger partial charge in [-0.3, -0.25) is 0 Å². The molecule has 3 rings (SSSR count). The molecule has 2 aromatic rings. The molecule has 1 aromatic heterocycles. The van der Waals surface area contributed by atoms with E-state index in [-0.39, 0.29) is 5.82 Å². The molecule has 2 heterocycles. The van der Waals surface area contributed by atoms with E-state index in [2.05, 4.69) is 9.88 Å². The van der Waals surface area contributed by atoms with Crippen LogP contribution in [0.2, 0.25) is 0 Å². The van der Waals surface area contributed by atoms with Crippen LogP contribution >= 0.6 is 0 Å². The molecular formula is C13H15FN2O. The Morgan fingerprint density at radius 1 is 1.41 bits per heavy atom. The zero-order chi connectivity index (χ0) is 12.0. The van der Waals surface area contributed by atoms with Gasteiger partial charge in [-0.2, -0.15) is 0 Å². The van der Waals surface area contributed by atoms with Gasteiger partial charge >= 0.3 is 0 Å². The van der Waals surface area contributed by atoms with Crippen molar-refractivity contribution in [3.05, 3.63) is 29.2 Å². The summed E-state index contributed by atoms with van der Waals surface area (Å²) in [7, 11) is 3.53. The quantitative estimate of drug-likeness (QED) is 0.816. The van der Waals surface area contributed by atoms with Gasteiger partial charge in [0.2, 0.25) is 0 Å². The maximum absolute atomic E-state index is 13.7. The number of benzene rings is 1. The van der Waals surface area contributed by atoms with Crippen LogP contribution in [0.5, 0.6) is 5.75 Å². The van der Waals surface area contributed by atoms with Gasteiger partial charge in [0.05, 0.1) is 12.6 Å². The fourth-order valence-corrected chi connectivity index (χ4v) is 2.66. The van der Waals surface area contributed by atoms with E-state index in [0.29, 0.717) is 5.75 Å². The van der Waals surface area contributed by atoms with Crippen molar-refractivity contribution >= 4 is 10.9 Å². The smallest absolute Gasteiger partial charge is 0.165 e. The minimum Gasteiger partial charge on any atom is -0.494 e. The number of rotatable bonds is 1. The lowest BCUT2D eigenvalue weighted by atomic mass is 10.1. The first-order chi connectivity index (χ1) is 8.22. The molecule has 0 spiro atoms. The van der Waals surface area contributed by atoms with Gasteiger partial charge < -0.3 is 14.6 Å². The number of halogens is 1. The number of hydrogen-bond donors (Lipinski definition) is 1. The summed E-state index contributed by atoms with van der Waals surface area (Å²) in [6.07, 6.45) is 0.991. The Labute approximate surface area is 99.2 Å². The zero-order valence-electron chi connectivity index (χ0n) is 10.0. The second-order valence-corrected chi connectivity index (χ2v) is 4.41. The lowest BCUT2D eigenvalue weighted by Crippen LogP contribution is -2.24. The summed E-state index contributed by atoms with van der Waals surface area (Å²) in [5.74, 6) is 0.0161. The van der Waals surface area contributed by atoms with E-state index in [1.54, 1.807) is 12.1 Å². The van der Waals surface area contributed by atoms with Crippen LogP contribution < -0.4 is 10.1 Å². The highest BCUT2D eigenvalue weighted by atomic mass is 19.1. The van der Waals surface area contributed by atoms with Crippen molar-refractivity contribution in [1.29, 1.82) is 0 Å². The molecule has 90 valence electrons. The van der Waals surface area contributed by atoms with Gasteiger partial charge in [-0.1, -0.05) is 0 Å². The minimum absolute atomic E-state index is 0.293. The van der Waals surface area contributed by atoms with Crippen LogP contribution in [0.25, 0.3) is 10.9 Å². The average molecular weight is 234 g/mol. The number of nitrogens with one attached hydrogen (secondary N) is 1. The van der Waals surface area contributed by atoms with Gasteiger partial charge in [-0.25, -0.2) is 4.39 Å². The van der Waals surface area contributed by atoms with Crippen molar-refractivity contribution in [1.82, 2.24) is 9.88 Å². The summed E-state index contributed by atoms with van der Waals surface area (Å²) in [5, 5.41) is 4.32. The Morgan fingerprint density at radius 2 is 2.24 bits per heavy atom. The van der Waals surface area contributed by atoms with E-state index >= 15 is 0 Å². The lowest BCUT2D eigenvalue weighted by molar-refractivity contribution is 0.387. The third-order valence-electron chi connectivity index (χ3n) is 3.55. The molecule has 0 fully saturated rings. The number of nitrogens with zero attached hydrogens (tertiary/aromatic N) is 1. The predicted molar refractivity (Wildman–Crippen MR) is 64.8 cm³/mol. The van der Waals surface area contributed by atoms with Crippen LogP contribution in [0.1, 0.15) is 11.3 Å². The van der Waals surface area contributed by atoms with Crippen LogP contribution in [-0.4, -0.2) is 18.2 Å². The average Bonchev–Trinajstić information content (AvgIpc) is 2.63. The molecule has 0 amide bonds. The number of aromatic nitrogens is 1. The summed E-state index contributed by atoms with van der Waals surface area (Å²) in [5.41, 5.74) is 3.55. The van der Waals surface area contributed by atoms with Crippen molar-refractivity contribution in [3.8, 4) is 5.75 Å². The van der Waals surface area contributed by atoms with Crippen LogP contribution in [0.3, 0.4) is 0 Å². The molecule has 0 radical (unpaired) electrons. The van der Waals surface area contributed by atoms with E-state index in [1.165, 1.54) is 18.4 Å². The SMILES string of the molecule is COc1cc2c(cc1F)c1c(n2C)CCNC1. The van der Waals surface area contributed by atoms with Crippen molar-refractivity contribution in [3.63, 3.8) is 0 Å². The molecule has 0 saturated carbocycles. The normalized spacial score (nSPS) is 15.0. The highest BCUT2D eigenvalue weighted by molar-refractivity contribution is 5.87. The molecule has 1 aliphatic rings. The Balaban J connectivity index is 2.34. The van der Waals surface area contributed by atoms with Gasteiger partial charge in [-0.05, 0) is 11.6 Å².